The van der Waals surface area contributed by atoms with Crippen molar-refractivity contribution in [3.63, 3.8) is 0 Å². The van der Waals surface area contributed by atoms with Crippen LogP contribution < -0.4 is 4.74 Å². The second-order valence-corrected chi connectivity index (χ2v) is 7.70. The van der Waals surface area contributed by atoms with Crippen LogP contribution in [0.3, 0.4) is 0 Å². The van der Waals surface area contributed by atoms with Gasteiger partial charge in [-0.05, 0) is 37.6 Å². The maximum Gasteiger partial charge on any atom is 0.146 e. The highest BCUT2D eigenvalue weighted by Gasteiger charge is 2.24. The van der Waals surface area contributed by atoms with E-state index in [4.69, 9.17) is 16.3 Å². The first-order valence-corrected chi connectivity index (χ1v) is 9.38. The molecule has 0 saturated heterocycles. The SMILES string of the molecule is CC(C)n1ncc(CO)c1-c1cc2c(s1)-c1nc(Cl)ccc1OCC2. The molecule has 4 heterocycles. The van der Waals surface area contributed by atoms with Crippen molar-refractivity contribution in [1.29, 1.82) is 0 Å². The number of thiophene rings is 1. The third-order valence-electron chi connectivity index (χ3n) is 4.24. The molecule has 0 aromatic carbocycles. The summed E-state index contributed by atoms with van der Waals surface area (Å²) < 4.78 is 7.77. The summed E-state index contributed by atoms with van der Waals surface area (Å²) in [5.74, 6) is 0.760. The van der Waals surface area contributed by atoms with E-state index >= 15 is 0 Å². The Hall–Kier alpha value is -1.89. The Labute approximate surface area is 154 Å². The van der Waals surface area contributed by atoms with E-state index in [2.05, 4.69) is 30.0 Å². The van der Waals surface area contributed by atoms with Gasteiger partial charge in [0.2, 0.25) is 0 Å². The van der Waals surface area contributed by atoms with Gasteiger partial charge in [-0.2, -0.15) is 5.10 Å². The highest BCUT2D eigenvalue weighted by molar-refractivity contribution is 7.19. The molecule has 0 radical (unpaired) electrons. The van der Waals surface area contributed by atoms with Gasteiger partial charge < -0.3 is 9.84 Å². The minimum absolute atomic E-state index is 0.0333. The molecule has 7 heteroatoms. The number of hydrogen-bond donors (Lipinski definition) is 1. The van der Waals surface area contributed by atoms with Crippen LogP contribution in [0.4, 0.5) is 0 Å². The van der Waals surface area contributed by atoms with Gasteiger partial charge in [0.05, 0.1) is 34.9 Å². The van der Waals surface area contributed by atoms with E-state index < -0.39 is 0 Å². The summed E-state index contributed by atoms with van der Waals surface area (Å²) >= 11 is 7.75. The van der Waals surface area contributed by atoms with Gasteiger partial charge in [-0.15, -0.1) is 11.3 Å². The third-order valence-corrected chi connectivity index (χ3v) is 5.64. The summed E-state index contributed by atoms with van der Waals surface area (Å²) in [5, 5.41) is 14.6. The second-order valence-electron chi connectivity index (χ2n) is 6.26. The zero-order chi connectivity index (χ0) is 17.6. The van der Waals surface area contributed by atoms with Gasteiger partial charge in [-0.1, -0.05) is 11.6 Å². The Morgan fingerprint density at radius 2 is 2.24 bits per heavy atom. The van der Waals surface area contributed by atoms with Crippen molar-refractivity contribution >= 4 is 22.9 Å². The van der Waals surface area contributed by atoms with Crippen LogP contribution in [0.5, 0.6) is 5.75 Å². The molecule has 25 heavy (non-hydrogen) atoms. The van der Waals surface area contributed by atoms with Gasteiger partial charge in [-0.25, -0.2) is 4.98 Å². The Kier molecular flexibility index (Phi) is 4.27. The summed E-state index contributed by atoms with van der Waals surface area (Å²) in [5.41, 5.74) is 3.78. The maximum atomic E-state index is 9.72. The number of hydrogen-bond acceptors (Lipinski definition) is 5. The van der Waals surface area contributed by atoms with Crippen LogP contribution in [0.2, 0.25) is 5.15 Å². The van der Waals surface area contributed by atoms with E-state index in [9.17, 15) is 5.11 Å². The van der Waals surface area contributed by atoms with Gasteiger partial charge in [0.25, 0.3) is 0 Å². The summed E-state index contributed by atoms with van der Waals surface area (Å²) in [6, 6.07) is 5.99. The van der Waals surface area contributed by atoms with Gasteiger partial charge in [0.15, 0.2) is 0 Å². The fourth-order valence-corrected chi connectivity index (χ4v) is 4.51. The van der Waals surface area contributed by atoms with Crippen molar-refractivity contribution in [3.8, 4) is 26.9 Å². The van der Waals surface area contributed by atoms with E-state index in [1.807, 2.05) is 10.7 Å². The second kappa shape index (κ2) is 6.44. The molecule has 3 aromatic rings. The lowest BCUT2D eigenvalue weighted by atomic mass is 10.1. The molecule has 4 rings (SSSR count). The van der Waals surface area contributed by atoms with Gasteiger partial charge >= 0.3 is 0 Å². The number of aromatic nitrogens is 3. The van der Waals surface area contributed by atoms with E-state index in [1.165, 1.54) is 5.56 Å². The van der Waals surface area contributed by atoms with Crippen LogP contribution in [0.15, 0.2) is 24.4 Å². The minimum atomic E-state index is -0.0333. The fraction of sp³-hybridized carbons (Fsp3) is 0.333. The molecule has 0 saturated carbocycles. The molecule has 1 aliphatic heterocycles. The quantitative estimate of drug-likeness (QED) is 0.692. The highest BCUT2D eigenvalue weighted by Crippen LogP contribution is 2.44. The number of pyridine rings is 1. The number of aliphatic hydroxyl groups excluding tert-OH is 1. The smallest absolute Gasteiger partial charge is 0.146 e. The Morgan fingerprint density at radius 3 is 3.00 bits per heavy atom. The summed E-state index contributed by atoms with van der Waals surface area (Å²) in [4.78, 5) is 6.64. The first-order valence-electron chi connectivity index (χ1n) is 8.18. The predicted octanol–water partition coefficient (Wildman–Crippen LogP) is 4.34. The normalized spacial score (nSPS) is 13.3. The van der Waals surface area contributed by atoms with Crippen LogP contribution >= 0.6 is 22.9 Å². The van der Waals surface area contributed by atoms with Crippen molar-refractivity contribution in [2.75, 3.05) is 6.61 Å². The molecule has 3 aromatic heterocycles. The van der Waals surface area contributed by atoms with Gasteiger partial charge in [-0.3, -0.25) is 4.68 Å². The molecule has 5 nitrogen and oxygen atoms in total. The molecule has 1 N–H and O–H groups in total. The van der Waals surface area contributed by atoms with E-state index in [-0.39, 0.29) is 12.6 Å². The lowest BCUT2D eigenvalue weighted by Gasteiger charge is -2.11. The topological polar surface area (TPSA) is 60.2 Å². The monoisotopic (exact) mass is 375 g/mol. The third kappa shape index (κ3) is 2.84. The fourth-order valence-electron chi connectivity index (χ4n) is 3.08. The maximum absolute atomic E-state index is 9.72. The zero-order valence-corrected chi connectivity index (χ0v) is 15.6. The summed E-state index contributed by atoms with van der Waals surface area (Å²) in [6.45, 7) is 4.74. The number of ether oxygens (including phenoxy) is 1. The van der Waals surface area contributed by atoms with Crippen molar-refractivity contribution in [1.82, 2.24) is 14.8 Å². The molecule has 0 atom stereocenters. The average Bonchev–Trinajstić information content (AvgIpc) is 3.16. The number of rotatable bonds is 3. The van der Waals surface area contributed by atoms with E-state index in [0.29, 0.717) is 11.8 Å². The van der Waals surface area contributed by atoms with Crippen LogP contribution in [0.25, 0.3) is 21.1 Å². The van der Waals surface area contributed by atoms with Crippen LogP contribution in [-0.4, -0.2) is 26.5 Å². The molecular formula is C18H18ClN3O2S. The molecule has 1 aliphatic rings. The van der Waals surface area contributed by atoms with E-state index in [0.717, 1.165) is 38.9 Å². The number of fused-ring (bicyclic) bond motifs is 3. The first-order chi connectivity index (χ1) is 12.1. The van der Waals surface area contributed by atoms with Crippen molar-refractivity contribution < 1.29 is 9.84 Å². The number of aliphatic hydroxyl groups is 1. The molecule has 0 unspecified atom stereocenters. The number of nitrogens with zero attached hydrogens (tertiary/aromatic N) is 3. The molecule has 0 spiro atoms. The number of halogens is 1. The Balaban J connectivity index is 1.90. The molecule has 130 valence electrons. The molecule has 0 bridgehead atoms. The highest BCUT2D eigenvalue weighted by atomic mass is 35.5. The Morgan fingerprint density at radius 1 is 1.40 bits per heavy atom. The molecule has 0 fully saturated rings. The zero-order valence-electron chi connectivity index (χ0n) is 14.0. The lowest BCUT2D eigenvalue weighted by molar-refractivity contribution is 0.282. The van der Waals surface area contributed by atoms with Crippen molar-refractivity contribution in [2.24, 2.45) is 0 Å². The average molecular weight is 376 g/mol. The summed E-state index contributed by atoms with van der Waals surface area (Å²) in [7, 11) is 0. The summed E-state index contributed by atoms with van der Waals surface area (Å²) in [6.07, 6.45) is 2.55. The van der Waals surface area contributed by atoms with Gasteiger partial charge in [0, 0.05) is 18.0 Å². The lowest BCUT2D eigenvalue weighted by Crippen LogP contribution is -2.05. The minimum Gasteiger partial charge on any atom is -0.491 e. The first kappa shape index (κ1) is 16.6. The molecular weight excluding hydrogens is 358 g/mol. The van der Waals surface area contributed by atoms with Gasteiger partial charge in [0.1, 0.15) is 16.6 Å². The predicted molar refractivity (Wildman–Crippen MR) is 99.3 cm³/mol. The Bertz CT molecular complexity index is 933. The largest absolute Gasteiger partial charge is 0.491 e. The van der Waals surface area contributed by atoms with Crippen LogP contribution in [0, 0.1) is 0 Å². The van der Waals surface area contributed by atoms with Crippen molar-refractivity contribution in [3.05, 3.63) is 40.7 Å². The molecule has 0 amide bonds. The van der Waals surface area contributed by atoms with Crippen molar-refractivity contribution in [2.45, 2.75) is 32.9 Å². The van der Waals surface area contributed by atoms with Crippen LogP contribution in [0.1, 0.15) is 31.0 Å². The van der Waals surface area contributed by atoms with Crippen LogP contribution in [-0.2, 0) is 13.0 Å². The molecule has 0 aliphatic carbocycles. The van der Waals surface area contributed by atoms with E-state index in [1.54, 1.807) is 23.6 Å². The standard InChI is InChI=1S/C18H18ClN3O2S/c1-10(2)22-17(12(9-23)8-20-22)14-7-11-5-6-24-13-3-4-15(19)21-16(13)18(11)25-14/h3-4,7-8,10,23H,5-6,9H2,1-2H3.